The predicted octanol–water partition coefficient (Wildman–Crippen LogP) is 6.61. The van der Waals surface area contributed by atoms with Gasteiger partial charge in [0, 0.05) is 5.69 Å². The van der Waals surface area contributed by atoms with Crippen molar-refractivity contribution in [2.24, 2.45) is 0 Å². The first kappa shape index (κ1) is 24.1. The number of carbonyl (C=O) groups excluding carboxylic acids is 1. The van der Waals surface area contributed by atoms with Crippen LogP contribution in [0.2, 0.25) is 10.0 Å². The van der Waals surface area contributed by atoms with E-state index in [4.69, 9.17) is 37.1 Å². The van der Waals surface area contributed by atoms with Crippen molar-refractivity contribution in [3.63, 3.8) is 0 Å². The summed E-state index contributed by atoms with van der Waals surface area (Å²) in [6, 6.07) is 19.3. The summed E-state index contributed by atoms with van der Waals surface area (Å²) in [6.07, 6.45) is 1.65. The molecule has 1 heterocycles. The highest BCUT2D eigenvalue weighted by Crippen LogP contribution is 2.31. The minimum absolute atomic E-state index is 0.228. The van der Waals surface area contributed by atoms with E-state index >= 15 is 0 Å². The van der Waals surface area contributed by atoms with Gasteiger partial charge < -0.3 is 19.2 Å². The average molecular weight is 508 g/mol. The number of rotatable bonds is 8. The second-order valence-electron chi connectivity index (χ2n) is 7.26. The Labute approximate surface area is 211 Å². The molecule has 35 heavy (non-hydrogen) atoms. The topological polar surface area (TPSA) is 97.4 Å². The summed E-state index contributed by atoms with van der Waals surface area (Å²) in [5, 5.41) is 13.1. The Balaban J connectivity index is 1.50. The lowest BCUT2D eigenvalue weighted by Gasteiger charge is -2.13. The number of para-hydroxylation sites is 2. The molecule has 0 aliphatic carbocycles. The van der Waals surface area contributed by atoms with Crippen LogP contribution in [-0.4, -0.2) is 24.1 Å². The van der Waals surface area contributed by atoms with Crippen LogP contribution in [-0.2, 0) is 4.79 Å². The van der Waals surface area contributed by atoms with Crippen LogP contribution in [0.5, 0.6) is 11.5 Å². The maximum absolute atomic E-state index is 12.3. The normalized spacial score (nSPS) is 11.2. The molecule has 0 radical (unpaired) electrons. The van der Waals surface area contributed by atoms with Crippen LogP contribution in [0.25, 0.3) is 22.7 Å². The van der Waals surface area contributed by atoms with E-state index in [1.807, 2.05) is 25.1 Å². The molecule has 0 atom stereocenters. The highest BCUT2D eigenvalue weighted by atomic mass is 35.5. The second-order valence-corrected chi connectivity index (χ2v) is 8.08. The first-order chi connectivity index (χ1) is 17.0. The summed E-state index contributed by atoms with van der Waals surface area (Å²) >= 11 is 11.9. The summed E-state index contributed by atoms with van der Waals surface area (Å²) in [6.45, 7) is 1.97. The Morgan fingerprint density at radius 2 is 1.91 bits per heavy atom. The van der Waals surface area contributed by atoms with E-state index in [0.717, 1.165) is 0 Å². The molecular formula is C26H19Cl2N3O4. The Hall–Kier alpha value is -3.99. The molecule has 0 fully saturated rings. The summed E-state index contributed by atoms with van der Waals surface area (Å²) in [5.74, 6) is 0.663. The predicted molar refractivity (Wildman–Crippen MR) is 136 cm³/mol. The van der Waals surface area contributed by atoms with Crippen molar-refractivity contribution < 1.29 is 18.7 Å². The van der Waals surface area contributed by atoms with Gasteiger partial charge in [-0.15, -0.1) is 0 Å². The van der Waals surface area contributed by atoms with E-state index < -0.39 is 0 Å². The fraction of sp³-hybridized carbons (Fsp3) is 0.115. The first-order valence-corrected chi connectivity index (χ1v) is 11.3. The van der Waals surface area contributed by atoms with Crippen molar-refractivity contribution in [2.75, 3.05) is 18.5 Å². The van der Waals surface area contributed by atoms with Gasteiger partial charge in [-0.1, -0.05) is 41.4 Å². The molecule has 0 bridgehead atoms. The Bertz CT molecular complexity index is 1420. The van der Waals surface area contributed by atoms with Crippen molar-refractivity contribution in [3.05, 3.63) is 82.2 Å². The van der Waals surface area contributed by atoms with Crippen LogP contribution < -0.4 is 14.8 Å². The van der Waals surface area contributed by atoms with Gasteiger partial charge in [-0.2, -0.15) is 5.26 Å². The molecule has 1 amide bonds. The monoisotopic (exact) mass is 507 g/mol. The second kappa shape index (κ2) is 11.0. The number of halogens is 2. The number of fused-ring (bicyclic) bond motifs is 1. The average Bonchev–Trinajstić information content (AvgIpc) is 3.28. The Kier molecular flexibility index (Phi) is 7.56. The van der Waals surface area contributed by atoms with Crippen LogP contribution in [0.15, 0.2) is 65.1 Å². The van der Waals surface area contributed by atoms with Crippen molar-refractivity contribution in [2.45, 2.75) is 6.92 Å². The zero-order valence-electron chi connectivity index (χ0n) is 18.5. The first-order valence-electron chi connectivity index (χ1n) is 10.6. The molecule has 176 valence electrons. The highest BCUT2D eigenvalue weighted by Gasteiger charge is 2.13. The molecular weight excluding hydrogens is 489 g/mol. The van der Waals surface area contributed by atoms with Crippen molar-refractivity contribution in [1.82, 2.24) is 4.98 Å². The fourth-order valence-electron chi connectivity index (χ4n) is 3.21. The van der Waals surface area contributed by atoms with E-state index in [-0.39, 0.29) is 24.0 Å². The number of nitrogens with zero attached hydrogens (tertiary/aromatic N) is 2. The van der Waals surface area contributed by atoms with Crippen molar-refractivity contribution >= 4 is 57.5 Å². The number of aromatic nitrogens is 1. The number of hydrogen-bond donors (Lipinski definition) is 1. The number of nitrogens with one attached hydrogen (secondary N) is 1. The largest absolute Gasteiger partial charge is 0.490 e. The molecule has 0 saturated heterocycles. The smallest absolute Gasteiger partial charge is 0.262 e. The van der Waals surface area contributed by atoms with Gasteiger partial charge in [0.1, 0.15) is 17.2 Å². The highest BCUT2D eigenvalue weighted by molar-refractivity contribution is 6.42. The van der Waals surface area contributed by atoms with Crippen molar-refractivity contribution in [1.29, 1.82) is 5.26 Å². The van der Waals surface area contributed by atoms with E-state index in [1.54, 1.807) is 48.5 Å². The molecule has 0 aliphatic rings. The van der Waals surface area contributed by atoms with Crippen LogP contribution >= 0.6 is 23.2 Å². The summed E-state index contributed by atoms with van der Waals surface area (Å²) < 4.78 is 17.1. The minimum atomic E-state index is -0.377. The van der Waals surface area contributed by atoms with Crippen LogP contribution in [0.4, 0.5) is 5.69 Å². The molecule has 4 aromatic rings. The molecule has 4 rings (SSSR count). The Morgan fingerprint density at radius 3 is 2.66 bits per heavy atom. The molecule has 0 saturated carbocycles. The maximum Gasteiger partial charge on any atom is 0.262 e. The summed E-state index contributed by atoms with van der Waals surface area (Å²) in [5.41, 5.74) is 2.71. The number of ether oxygens (including phenoxy) is 2. The van der Waals surface area contributed by atoms with Crippen LogP contribution in [0.3, 0.4) is 0 Å². The number of amides is 1. The lowest BCUT2D eigenvalue weighted by atomic mass is 10.1. The standard InChI is InChI=1S/C26H19Cl2N3O4/c1-2-33-24-12-16(11-17(14-29)26-31-21-5-3-4-6-22(21)35-26)7-10-23(24)34-15-25(32)30-18-8-9-19(27)20(28)13-18/h3-13H,2,15H2,1H3,(H,30,32)/b17-11+. The summed E-state index contributed by atoms with van der Waals surface area (Å²) in [7, 11) is 0. The quantitative estimate of drug-likeness (QED) is 0.269. The molecule has 7 nitrogen and oxygen atoms in total. The van der Waals surface area contributed by atoms with Gasteiger partial charge in [-0.3, -0.25) is 4.79 Å². The summed E-state index contributed by atoms with van der Waals surface area (Å²) in [4.78, 5) is 16.7. The number of anilines is 1. The van der Waals surface area contributed by atoms with Gasteiger partial charge in [0.25, 0.3) is 5.91 Å². The van der Waals surface area contributed by atoms with E-state index in [1.165, 1.54) is 0 Å². The van der Waals surface area contributed by atoms with Gasteiger partial charge in [0.15, 0.2) is 23.7 Å². The molecule has 3 aromatic carbocycles. The minimum Gasteiger partial charge on any atom is -0.490 e. The third kappa shape index (κ3) is 5.93. The van der Waals surface area contributed by atoms with Gasteiger partial charge in [-0.05, 0) is 61.0 Å². The molecule has 9 heteroatoms. The molecule has 1 N–H and O–H groups in total. The number of allylic oxidation sites excluding steroid dienone is 1. The molecule has 1 aromatic heterocycles. The van der Waals surface area contributed by atoms with Crippen molar-refractivity contribution in [3.8, 4) is 17.6 Å². The van der Waals surface area contributed by atoms with E-state index in [9.17, 15) is 10.1 Å². The van der Waals surface area contributed by atoms with Crippen LogP contribution in [0.1, 0.15) is 18.4 Å². The Morgan fingerprint density at radius 1 is 1.09 bits per heavy atom. The number of oxazole rings is 1. The zero-order valence-corrected chi connectivity index (χ0v) is 20.1. The molecule has 0 aliphatic heterocycles. The van der Waals surface area contributed by atoms with Gasteiger partial charge >= 0.3 is 0 Å². The van der Waals surface area contributed by atoms with Crippen LogP contribution in [0, 0.1) is 11.3 Å². The van der Waals surface area contributed by atoms with E-state index in [2.05, 4.69) is 16.4 Å². The fourth-order valence-corrected chi connectivity index (χ4v) is 3.51. The lowest BCUT2D eigenvalue weighted by Crippen LogP contribution is -2.20. The van der Waals surface area contributed by atoms with E-state index in [0.29, 0.717) is 50.5 Å². The SMILES string of the molecule is CCOc1cc(/C=C(\C#N)c2nc3ccccc3o2)ccc1OCC(=O)Nc1ccc(Cl)c(Cl)c1. The van der Waals surface area contributed by atoms with Gasteiger partial charge in [0.05, 0.1) is 16.7 Å². The number of benzene rings is 3. The van der Waals surface area contributed by atoms with Gasteiger partial charge in [0.2, 0.25) is 5.89 Å². The maximum atomic E-state index is 12.3. The lowest BCUT2D eigenvalue weighted by molar-refractivity contribution is -0.118. The zero-order chi connectivity index (χ0) is 24.8. The molecule has 0 unspecified atom stereocenters. The number of hydrogen-bond acceptors (Lipinski definition) is 6. The number of nitriles is 1. The van der Waals surface area contributed by atoms with Gasteiger partial charge in [-0.25, -0.2) is 4.98 Å². The third-order valence-electron chi connectivity index (χ3n) is 4.79. The third-order valence-corrected chi connectivity index (χ3v) is 5.52. The number of carbonyl (C=O) groups is 1. The molecule has 0 spiro atoms.